The number of anilines is 1. The second-order valence-corrected chi connectivity index (χ2v) is 3.00. The van der Waals surface area contributed by atoms with E-state index in [-0.39, 0.29) is 5.92 Å². The molecule has 3 N–H and O–H groups in total. The lowest BCUT2D eigenvalue weighted by Gasteiger charge is -2.09. The minimum atomic E-state index is 0.0103. The van der Waals surface area contributed by atoms with E-state index in [0.717, 1.165) is 6.42 Å². The summed E-state index contributed by atoms with van der Waals surface area (Å²) in [6.45, 7) is 5.86. The number of hydrogen-bond donors (Lipinski definition) is 2. The summed E-state index contributed by atoms with van der Waals surface area (Å²) < 4.78 is 0. The Bertz CT molecular complexity index is 290. The predicted molar refractivity (Wildman–Crippen MR) is 54.6 cm³/mol. The number of nitrogen functional groups attached to an aromatic ring is 1. The van der Waals surface area contributed by atoms with Crippen molar-refractivity contribution in [3.63, 3.8) is 0 Å². The number of nitrogens with two attached hydrogens (primary N) is 1. The van der Waals surface area contributed by atoms with E-state index in [9.17, 15) is 0 Å². The maximum absolute atomic E-state index is 7.74. The van der Waals surface area contributed by atoms with Crippen molar-refractivity contribution in [1.29, 1.82) is 5.41 Å². The molecule has 0 saturated carbocycles. The van der Waals surface area contributed by atoms with Crippen LogP contribution in [0.3, 0.4) is 0 Å². The quantitative estimate of drug-likeness (QED) is 0.691. The van der Waals surface area contributed by atoms with Crippen molar-refractivity contribution in [2.45, 2.75) is 13.3 Å². The minimum absolute atomic E-state index is 0.0103. The molecule has 1 aromatic rings. The summed E-state index contributed by atoms with van der Waals surface area (Å²) in [7, 11) is 0. The van der Waals surface area contributed by atoms with Crippen molar-refractivity contribution in [3.05, 3.63) is 30.9 Å². The third-order valence-electron chi connectivity index (χ3n) is 1.96. The number of hydrogen-bond acceptors (Lipinski definition) is 3. The molecule has 13 heavy (non-hydrogen) atoms. The molecular formula is C10H14N3. The Kier molecular flexibility index (Phi) is 3.01. The molecule has 0 amide bonds. The van der Waals surface area contributed by atoms with E-state index in [0.29, 0.717) is 17.1 Å². The largest absolute Gasteiger partial charge is 0.397 e. The summed E-state index contributed by atoms with van der Waals surface area (Å²) in [5.74, 6) is 0.0103. The van der Waals surface area contributed by atoms with Gasteiger partial charge in [-0.15, -0.1) is 0 Å². The van der Waals surface area contributed by atoms with Gasteiger partial charge in [-0.1, -0.05) is 6.92 Å². The predicted octanol–water partition coefficient (Wildman–Crippen LogP) is 1.89. The minimum Gasteiger partial charge on any atom is -0.397 e. The maximum Gasteiger partial charge on any atom is 0.0841 e. The molecule has 3 heteroatoms. The van der Waals surface area contributed by atoms with Crippen LogP contribution in [-0.4, -0.2) is 10.7 Å². The summed E-state index contributed by atoms with van der Waals surface area (Å²) in [6.07, 6.45) is 2.41. The maximum atomic E-state index is 7.74. The molecule has 0 fully saturated rings. The zero-order valence-electron chi connectivity index (χ0n) is 7.75. The van der Waals surface area contributed by atoms with Crippen molar-refractivity contribution >= 4 is 11.4 Å². The van der Waals surface area contributed by atoms with Gasteiger partial charge in [0.2, 0.25) is 0 Å². The van der Waals surface area contributed by atoms with Crippen LogP contribution in [0, 0.1) is 18.3 Å². The summed E-state index contributed by atoms with van der Waals surface area (Å²) in [5, 5.41) is 7.74. The van der Waals surface area contributed by atoms with Gasteiger partial charge in [-0.2, -0.15) is 0 Å². The number of aromatic nitrogens is 1. The lowest BCUT2D eigenvalue weighted by molar-refractivity contribution is 0.804. The molecule has 1 aromatic heterocycles. The molecule has 0 spiro atoms. The standard InChI is InChI=1S/C10H14N3/c1-3-7(2)10(12)9-5-4-8(11)6-13-9/h4-7,12H,2-3,11H2,1H3/t7-/m0/s1. The smallest absolute Gasteiger partial charge is 0.0841 e. The number of rotatable bonds is 3. The van der Waals surface area contributed by atoms with Crippen LogP contribution in [0.25, 0.3) is 0 Å². The molecule has 0 bridgehead atoms. The van der Waals surface area contributed by atoms with Gasteiger partial charge < -0.3 is 11.1 Å². The van der Waals surface area contributed by atoms with E-state index in [2.05, 4.69) is 11.9 Å². The van der Waals surface area contributed by atoms with E-state index < -0.39 is 0 Å². The number of pyridine rings is 1. The van der Waals surface area contributed by atoms with Gasteiger partial charge in [0.1, 0.15) is 0 Å². The molecule has 1 atom stereocenters. The molecule has 0 aliphatic rings. The molecule has 69 valence electrons. The van der Waals surface area contributed by atoms with E-state index in [1.54, 1.807) is 18.3 Å². The van der Waals surface area contributed by atoms with Crippen molar-refractivity contribution < 1.29 is 0 Å². The van der Waals surface area contributed by atoms with Gasteiger partial charge in [-0.3, -0.25) is 4.98 Å². The Labute approximate surface area is 78.5 Å². The topological polar surface area (TPSA) is 62.8 Å². The highest BCUT2D eigenvalue weighted by Gasteiger charge is 2.09. The summed E-state index contributed by atoms with van der Waals surface area (Å²) in [4.78, 5) is 4.06. The van der Waals surface area contributed by atoms with Crippen LogP contribution in [0.4, 0.5) is 5.69 Å². The molecule has 0 aromatic carbocycles. The fraction of sp³-hybridized carbons (Fsp3) is 0.300. The zero-order valence-corrected chi connectivity index (χ0v) is 7.75. The first kappa shape index (κ1) is 9.71. The van der Waals surface area contributed by atoms with E-state index in [1.165, 1.54) is 0 Å². The fourth-order valence-corrected chi connectivity index (χ4v) is 0.978. The second kappa shape index (κ2) is 4.03. The Morgan fingerprint density at radius 1 is 1.69 bits per heavy atom. The second-order valence-electron chi connectivity index (χ2n) is 3.00. The first-order chi connectivity index (χ1) is 6.15. The normalized spacial score (nSPS) is 12.5. The number of nitrogens with one attached hydrogen (secondary N) is 1. The van der Waals surface area contributed by atoms with Crippen molar-refractivity contribution in [1.82, 2.24) is 4.98 Å². The molecule has 0 aliphatic heterocycles. The Morgan fingerprint density at radius 2 is 2.38 bits per heavy atom. The average molecular weight is 176 g/mol. The van der Waals surface area contributed by atoms with Crippen LogP contribution in [0.2, 0.25) is 0 Å². The van der Waals surface area contributed by atoms with Gasteiger partial charge in [-0.05, 0) is 25.5 Å². The van der Waals surface area contributed by atoms with Crippen molar-refractivity contribution in [2.24, 2.45) is 5.92 Å². The summed E-state index contributed by atoms with van der Waals surface area (Å²) >= 11 is 0. The van der Waals surface area contributed by atoms with Crippen molar-refractivity contribution in [2.75, 3.05) is 5.73 Å². The molecule has 1 radical (unpaired) electrons. The van der Waals surface area contributed by atoms with Crippen LogP contribution in [-0.2, 0) is 0 Å². The van der Waals surface area contributed by atoms with Gasteiger partial charge in [0, 0.05) is 5.92 Å². The lowest BCUT2D eigenvalue weighted by atomic mass is 10.00. The van der Waals surface area contributed by atoms with Crippen molar-refractivity contribution in [3.8, 4) is 0 Å². The monoisotopic (exact) mass is 176 g/mol. The third kappa shape index (κ3) is 2.28. The SMILES string of the molecule is [CH2][C@@H](CC)C(=N)c1ccc(N)cn1. The first-order valence-corrected chi connectivity index (χ1v) is 4.28. The molecule has 0 saturated heterocycles. The molecule has 1 rings (SSSR count). The van der Waals surface area contributed by atoms with Crippen LogP contribution >= 0.6 is 0 Å². The van der Waals surface area contributed by atoms with Crippen LogP contribution in [0.1, 0.15) is 19.0 Å². The Balaban J connectivity index is 2.83. The highest BCUT2D eigenvalue weighted by atomic mass is 14.7. The summed E-state index contributed by atoms with van der Waals surface area (Å²) in [6, 6.07) is 3.50. The first-order valence-electron chi connectivity index (χ1n) is 4.28. The van der Waals surface area contributed by atoms with Gasteiger partial charge in [-0.25, -0.2) is 0 Å². The fourth-order valence-electron chi connectivity index (χ4n) is 0.978. The molecule has 3 nitrogen and oxygen atoms in total. The van der Waals surface area contributed by atoms with Crippen LogP contribution < -0.4 is 5.73 Å². The van der Waals surface area contributed by atoms with Crippen LogP contribution in [0.15, 0.2) is 18.3 Å². The highest BCUT2D eigenvalue weighted by Crippen LogP contribution is 2.10. The third-order valence-corrected chi connectivity index (χ3v) is 1.96. The number of nitrogens with zero attached hydrogens (tertiary/aromatic N) is 1. The van der Waals surface area contributed by atoms with Gasteiger partial charge in [0.15, 0.2) is 0 Å². The zero-order chi connectivity index (χ0) is 9.84. The van der Waals surface area contributed by atoms with E-state index in [1.807, 2.05) is 6.92 Å². The Hall–Kier alpha value is -1.38. The van der Waals surface area contributed by atoms with Gasteiger partial charge in [0.05, 0.1) is 23.3 Å². The molecule has 0 unspecified atom stereocenters. The summed E-state index contributed by atoms with van der Waals surface area (Å²) in [5.41, 5.74) is 7.24. The van der Waals surface area contributed by atoms with Crippen LogP contribution in [0.5, 0.6) is 0 Å². The van der Waals surface area contributed by atoms with Gasteiger partial charge >= 0.3 is 0 Å². The highest BCUT2D eigenvalue weighted by molar-refractivity contribution is 5.98. The average Bonchev–Trinajstić information content (AvgIpc) is 2.17. The lowest BCUT2D eigenvalue weighted by Crippen LogP contribution is -2.12. The van der Waals surface area contributed by atoms with E-state index in [4.69, 9.17) is 11.1 Å². The molecule has 1 heterocycles. The molecule has 0 aliphatic carbocycles. The van der Waals surface area contributed by atoms with E-state index >= 15 is 0 Å². The molecular weight excluding hydrogens is 162 g/mol. The van der Waals surface area contributed by atoms with Gasteiger partial charge in [0.25, 0.3) is 0 Å². The Morgan fingerprint density at radius 3 is 2.85 bits per heavy atom.